The van der Waals surface area contributed by atoms with E-state index in [1.165, 1.54) is 31.4 Å². The molecule has 0 aliphatic rings. The fourth-order valence-electron chi connectivity index (χ4n) is 2.44. The highest BCUT2D eigenvalue weighted by Crippen LogP contribution is 2.29. The highest BCUT2D eigenvalue weighted by atomic mass is 16.5. The number of fused-ring (bicyclic) bond motifs is 2. The van der Waals surface area contributed by atoms with Crippen LogP contribution in [-0.4, -0.2) is 17.3 Å². The van der Waals surface area contributed by atoms with E-state index in [0.717, 1.165) is 0 Å². The zero-order valence-electron chi connectivity index (χ0n) is 11.8. The van der Waals surface area contributed by atoms with E-state index in [1.807, 2.05) is 0 Å². The average Bonchev–Trinajstić information content (AvgIpc) is 2.54. The molecular weight excluding hydrogens is 288 g/mol. The van der Waals surface area contributed by atoms with E-state index < -0.39 is 16.8 Å². The predicted molar refractivity (Wildman–Crippen MR) is 80.9 cm³/mol. The van der Waals surface area contributed by atoms with Gasteiger partial charge < -0.3 is 19.4 Å². The number of phenols is 2. The summed E-state index contributed by atoms with van der Waals surface area (Å²) in [5.74, 6) is -0.507. The van der Waals surface area contributed by atoms with Gasteiger partial charge in [0.15, 0.2) is 0 Å². The molecule has 3 aromatic rings. The lowest BCUT2D eigenvalue weighted by molar-refractivity contribution is 0.409. The maximum Gasteiger partial charge on any atom is 0.344 e. The third kappa shape index (κ3) is 1.96. The van der Waals surface area contributed by atoms with Gasteiger partial charge in [-0.15, -0.1) is 0 Å². The first-order valence-electron chi connectivity index (χ1n) is 6.44. The van der Waals surface area contributed by atoms with Gasteiger partial charge in [0, 0.05) is 6.07 Å². The lowest BCUT2D eigenvalue weighted by atomic mass is 10.1. The molecule has 0 bridgehead atoms. The van der Waals surface area contributed by atoms with Crippen LogP contribution in [0.25, 0.3) is 21.7 Å². The normalized spacial score (nSPS) is 11.0. The van der Waals surface area contributed by atoms with Crippen LogP contribution in [0.15, 0.2) is 38.3 Å². The number of rotatable bonds is 1. The summed E-state index contributed by atoms with van der Waals surface area (Å²) in [6.45, 7) is 1.69. The van der Waals surface area contributed by atoms with Crippen molar-refractivity contribution in [2.24, 2.45) is 0 Å². The Balaban J connectivity index is 2.72. The van der Waals surface area contributed by atoms with E-state index in [0.29, 0.717) is 5.56 Å². The molecule has 6 nitrogen and oxygen atoms in total. The minimum atomic E-state index is -0.804. The van der Waals surface area contributed by atoms with Crippen molar-refractivity contribution in [2.75, 3.05) is 7.11 Å². The molecule has 0 unspecified atom stereocenters. The van der Waals surface area contributed by atoms with Gasteiger partial charge in [-0.05, 0) is 30.7 Å². The van der Waals surface area contributed by atoms with Gasteiger partial charge in [0.1, 0.15) is 28.2 Å². The third-order valence-electron chi connectivity index (χ3n) is 3.43. The minimum Gasteiger partial charge on any atom is -0.507 e. The van der Waals surface area contributed by atoms with Crippen molar-refractivity contribution in [3.8, 4) is 17.2 Å². The fraction of sp³-hybridized carbons (Fsp3) is 0.125. The Labute approximate surface area is 123 Å². The van der Waals surface area contributed by atoms with Crippen molar-refractivity contribution in [1.29, 1.82) is 0 Å². The monoisotopic (exact) mass is 300 g/mol. The molecule has 3 rings (SSSR count). The summed E-state index contributed by atoms with van der Waals surface area (Å²) < 4.78 is 10.2. The average molecular weight is 300 g/mol. The van der Waals surface area contributed by atoms with Crippen molar-refractivity contribution in [2.45, 2.75) is 6.92 Å². The Kier molecular flexibility index (Phi) is 3.02. The van der Waals surface area contributed by atoms with Crippen LogP contribution in [-0.2, 0) is 0 Å². The standard InChI is InChI=1S/C16H12O6/c1-7-3-10(17)14-12(4-7)22-16(20)9-5-8(21-2)6-11(18)13(9)15(14)19/h3-6,17-18H,1-2H3. The Morgan fingerprint density at radius 1 is 1.00 bits per heavy atom. The van der Waals surface area contributed by atoms with Crippen LogP contribution in [0.3, 0.4) is 0 Å². The van der Waals surface area contributed by atoms with Gasteiger partial charge in [-0.2, -0.15) is 0 Å². The first kappa shape index (κ1) is 13.9. The Morgan fingerprint density at radius 2 is 1.68 bits per heavy atom. The molecule has 0 radical (unpaired) electrons. The van der Waals surface area contributed by atoms with Crippen LogP contribution in [0.1, 0.15) is 5.56 Å². The zero-order valence-corrected chi connectivity index (χ0v) is 11.8. The summed E-state index contributed by atoms with van der Waals surface area (Å²) in [7, 11) is 1.37. The minimum absolute atomic E-state index is 0.0398. The number of benzene rings is 2. The molecule has 0 aliphatic carbocycles. The second kappa shape index (κ2) is 4.77. The van der Waals surface area contributed by atoms with Crippen LogP contribution < -0.4 is 15.8 Å². The van der Waals surface area contributed by atoms with Crippen LogP contribution in [0, 0.1) is 6.92 Å². The van der Waals surface area contributed by atoms with Gasteiger partial charge in [0.25, 0.3) is 0 Å². The summed E-state index contributed by atoms with van der Waals surface area (Å²) in [6.07, 6.45) is 0. The van der Waals surface area contributed by atoms with Crippen LogP contribution in [0.5, 0.6) is 17.2 Å². The smallest absolute Gasteiger partial charge is 0.344 e. The molecule has 0 saturated heterocycles. The Bertz CT molecular complexity index is 1030. The SMILES string of the molecule is COc1cc(O)c2c(=O)c3c(O)cc(C)cc3oc(=O)c2c1. The fourth-order valence-corrected chi connectivity index (χ4v) is 2.44. The molecule has 112 valence electrons. The number of hydrogen-bond donors (Lipinski definition) is 2. The van der Waals surface area contributed by atoms with Crippen molar-refractivity contribution in [1.82, 2.24) is 0 Å². The van der Waals surface area contributed by atoms with Gasteiger partial charge in [-0.25, -0.2) is 4.79 Å². The molecule has 0 saturated carbocycles. The Morgan fingerprint density at radius 3 is 2.36 bits per heavy atom. The van der Waals surface area contributed by atoms with E-state index in [2.05, 4.69) is 0 Å². The molecule has 0 fully saturated rings. The van der Waals surface area contributed by atoms with Crippen LogP contribution >= 0.6 is 0 Å². The molecule has 22 heavy (non-hydrogen) atoms. The summed E-state index contributed by atoms with van der Waals surface area (Å²) >= 11 is 0. The molecule has 0 spiro atoms. The van der Waals surface area contributed by atoms with Crippen molar-refractivity contribution >= 4 is 21.7 Å². The number of aromatic hydroxyl groups is 2. The van der Waals surface area contributed by atoms with Gasteiger partial charge >= 0.3 is 5.63 Å². The molecule has 0 amide bonds. The second-order valence-electron chi connectivity index (χ2n) is 4.94. The number of aryl methyl sites for hydroxylation is 1. The van der Waals surface area contributed by atoms with E-state index >= 15 is 0 Å². The molecule has 1 heterocycles. The van der Waals surface area contributed by atoms with Crippen molar-refractivity contribution < 1.29 is 19.4 Å². The molecule has 2 aromatic carbocycles. The van der Waals surface area contributed by atoms with E-state index in [4.69, 9.17) is 9.15 Å². The first-order chi connectivity index (χ1) is 10.4. The highest BCUT2D eigenvalue weighted by molar-refractivity contribution is 5.96. The molecule has 0 aliphatic heterocycles. The highest BCUT2D eigenvalue weighted by Gasteiger charge is 2.16. The van der Waals surface area contributed by atoms with Gasteiger partial charge in [-0.1, -0.05) is 0 Å². The summed E-state index contributed by atoms with van der Waals surface area (Å²) in [4.78, 5) is 24.9. The quantitative estimate of drug-likeness (QED) is 0.713. The molecule has 6 heteroatoms. The summed E-state index contributed by atoms with van der Waals surface area (Å²) in [5, 5.41) is 19.6. The van der Waals surface area contributed by atoms with Crippen LogP contribution in [0.2, 0.25) is 0 Å². The molecular formula is C16H12O6. The van der Waals surface area contributed by atoms with Crippen molar-refractivity contribution in [3.05, 3.63) is 50.5 Å². The van der Waals surface area contributed by atoms with Crippen LogP contribution in [0.4, 0.5) is 0 Å². The number of methoxy groups -OCH3 is 1. The molecule has 2 N–H and O–H groups in total. The molecule has 1 aromatic heterocycles. The maximum atomic E-state index is 12.6. The Hall–Kier alpha value is -3.02. The van der Waals surface area contributed by atoms with Crippen molar-refractivity contribution in [3.63, 3.8) is 0 Å². The largest absolute Gasteiger partial charge is 0.507 e. The topological polar surface area (TPSA) is 97.0 Å². The summed E-state index contributed by atoms with van der Waals surface area (Å²) in [6, 6.07) is 5.40. The number of hydrogen-bond acceptors (Lipinski definition) is 6. The van der Waals surface area contributed by atoms with Gasteiger partial charge in [0.2, 0.25) is 5.43 Å². The zero-order chi connectivity index (χ0) is 16.0. The van der Waals surface area contributed by atoms with E-state index in [9.17, 15) is 19.8 Å². The maximum absolute atomic E-state index is 12.6. The first-order valence-corrected chi connectivity index (χ1v) is 6.44. The lowest BCUT2D eigenvalue weighted by Crippen LogP contribution is -2.02. The number of phenolic OH excluding ortho intramolecular Hbond substituents is 2. The summed E-state index contributed by atoms with van der Waals surface area (Å²) in [5.41, 5.74) is -0.901. The molecule has 0 atom stereocenters. The predicted octanol–water partition coefficient (Wildman–Crippen LogP) is 2.03. The van der Waals surface area contributed by atoms with Gasteiger partial charge in [0.05, 0.1) is 17.9 Å². The lowest BCUT2D eigenvalue weighted by Gasteiger charge is -2.01. The van der Waals surface area contributed by atoms with E-state index in [-0.39, 0.29) is 33.2 Å². The second-order valence-corrected chi connectivity index (χ2v) is 4.94. The van der Waals surface area contributed by atoms with E-state index in [1.54, 1.807) is 6.92 Å². The third-order valence-corrected chi connectivity index (χ3v) is 3.43. The number of ether oxygens (including phenoxy) is 1. The van der Waals surface area contributed by atoms with Gasteiger partial charge in [-0.3, -0.25) is 4.79 Å².